The van der Waals surface area contributed by atoms with Crippen molar-refractivity contribution in [2.75, 3.05) is 0 Å². The SMILES string of the molecule is C[C@H](Sc1nc(C(F)(F)F)nc2ccccc12)C(=O)NC1CC1. The van der Waals surface area contributed by atoms with Gasteiger partial charge in [0.05, 0.1) is 10.8 Å². The molecular weight excluding hydrogens is 327 g/mol. The summed E-state index contributed by atoms with van der Waals surface area (Å²) < 4.78 is 38.9. The van der Waals surface area contributed by atoms with Crippen LogP contribution in [0.4, 0.5) is 13.2 Å². The molecule has 4 nitrogen and oxygen atoms in total. The monoisotopic (exact) mass is 341 g/mol. The number of para-hydroxylation sites is 1. The van der Waals surface area contributed by atoms with E-state index in [2.05, 4.69) is 15.3 Å². The van der Waals surface area contributed by atoms with Crippen LogP contribution in [0.25, 0.3) is 10.9 Å². The van der Waals surface area contributed by atoms with Gasteiger partial charge in [0, 0.05) is 11.4 Å². The molecule has 1 aliphatic rings. The molecule has 1 aliphatic carbocycles. The number of alkyl halides is 3. The first-order valence-electron chi connectivity index (χ1n) is 7.15. The van der Waals surface area contributed by atoms with Crippen molar-refractivity contribution < 1.29 is 18.0 Å². The maximum absolute atomic E-state index is 13.0. The van der Waals surface area contributed by atoms with Crippen LogP contribution in [-0.2, 0) is 11.0 Å². The molecule has 0 spiro atoms. The lowest BCUT2D eigenvalue weighted by Gasteiger charge is -2.14. The molecule has 1 amide bonds. The molecule has 1 N–H and O–H groups in total. The highest BCUT2D eigenvalue weighted by molar-refractivity contribution is 8.00. The van der Waals surface area contributed by atoms with Gasteiger partial charge in [0.15, 0.2) is 0 Å². The average Bonchev–Trinajstić information content (AvgIpc) is 3.30. The third-order valence-corrected chi connectivity index (χ3v) is 4.51. The number of nitrogens with one attached hydrogen (secondary N) is 1. The van der Waals surface area contributed by atoms with Crippen molar-refractivity contribution in [1.29, 1.82) is 0 Å². The van der Waals surface area contributed by atoms with Gasteiger partial charge in [0.1, 0.15) is 5.03 Å². The van der Waals surface area contributed by atoms with E-state index in [0.717, 1.165) is 24.6 Å². The Bertz CT molecular complexity index is 746. The lowest BCUT2D eigenvalue weighted by Crippen LogP contribution is -2.32. The van der Waals surface area contributed by atoms with Gasteiger partial charge in [-0.05, 0) is 25.8 Å². The van der Waals surface area contributed by atoms with E-state index in [1.165, 1.54) is 6.07 Å². The van der Waals surface area contributed by atoms with E-state index >= 15 is 0 Å². The summed E-state index contributed by atoms with van der Waals surface area (Å²) in [5.41, 5.74) is 0.215. The maximum Gasteiger partial charge on any atom is 0.451 e. The lowest BCUT2D eigenvalue weighted by molar-refractivity contribution is -0.145. The number of halogens is 3. The number of rotatable bonds is 4. The number of benzene rings is 1. The minimum atomic E-state index is -4.63. The molecule has 0 radical (unpaired) electrons. The van der Waals surface area contributed by atoms with Gasteiger partial charge in [-0.3, -0.25) is 4.79 Å². The lowest BCUT2D eigenvalue weighted by atomic mass is 10.2. The minimum absolute atomic E-state index is 0.168. The molecule has 1 aromatic heterocycles. The van der Waals surface area contributed by atoms with Gasteiger partial charge in [0.25, 0.3) is 0 Å². The zero-order valence-electron chi connectivity index (χ0n) is 12.2. The van der Waals surface area contributed by atoms with Gasteiger partial charge in [-0.1, -0.05) is 30.0 Å². The summed E-state index contributed by atoms with van der Waals surface area (Å²) in [5.74, 6) is -1.37. The third-order valence-electron chi connectivity index (χ3n) is 3.40. The van der Waals surface area contributed by atoms with Crippen molar-refractivity contribution in [3.8, 4) is 0 Å². The van der Waals surface area contributed by atoms with E-state index in [-0.39, 0.29) is 22.5 Å². The summed E-state index contributed by atoms with van der Waals surface area (Å²) in [5, 5.41) is 2.99. The quantitative estimate of drug-likeness (QED) is 0.684. The van der Waals surface area contributed by atoms with Crippen LogP contribution in [0.1, 0.15) is 25.6 Å². The fourth-order valence-corrected chi connectivity index (χ4v) is 2.98. The molecule has 0 aliphatic heterocycles. The van der Waals surface area contributed by atoms with Gasteiger partial charge in [0.2, 0.25) is 11.7 Å². The number of thioether (sulfide) groups is 1. The van der Waals surface area contributed by atoms with Crippen molar-refractivity contribution in [1.82, 2.24) is 15.3 Å². The second kappa shape index (κ2) is 5.99. The van der Waals surface area contributed by atoms with Crippen molar-refractivity contribution in [2.45, 2.75) is 42.3 Å². The van der Waals surface area contributed by atoms with Gasteiger partial charge in [-0.25, -0.2) is 9.97 Å². The molecule has 1 aromatic carbocycles. The number of fused-ring (bicyclic) bond motifs is 1. The zero-order chi connectivity index (χ0) is 16.6. The number of hydrogen-bond acceptors (Lipinski definition) is 4. The minimum Gasteiger partial charge on any atom is -0.352 e. The second-order valence-electron chi connectivity index (χ2n) is 5.41. The van der Waals surface area contributed by atoms with E-state index in [9.17, 15) is 18.0 Å². The van der Waals surface area contributed by atoms with Crippen LogP contribution in [-0.4, -0.2) is 27.2 Å². The number of amides is 1. The Balaban J connectivity index is 1.92. The molecule has 1 fully saturated rings. The summed E-state index contributed by atoms with van der Waals surface area (Å²) in [4.78, 5) is 19.2. The van der Waals surface area contributed by atoms with Crippen molar-refractivity contribution in [3.63, 3.8) is 0 Å². The first kappa shape index (κ1) is 16.0. The Kier molecular flexibility index (Phi) is 4.18. The Morgan fingerprint density at radius 3 is 2.65 bits per heavy atom. The molecule has 0 unspecified atom stereocenters. The highest BCUT2D eigenvalue weighted by Crippen LogP contribution is 2.33. The van der Waals surface area contributed by atoms with E-state index < -0.39 is 17.3 Å². The fraction of sp³-hybridized carbons (Fsp3) is 0.400. The molecule has 122 valence electrons. The summed E-state index contributed by atoms with van der Waals surface area (Å²) in [7, 11) is 0. The Labute approximate surface area is 134 Å². The molecule has 1 saturated carbocycles. The molecule has 2 aromatic rings. The van der Waals surface area contributed by atoms with Crippen LogP contribution in [0.5, 0.6) is 0 Å². The summed E-state index contributed by atoms with van der Waals surface area (Å²) in [6, 6.07) is 6.69. The molecule has 8 heteroatoms. The average molecular weight is 341 g/mol. The topological polar surface area (TPSA) is 54.9 Å². The second-order valence-corrected chi connectivity index (χ2v) is 6.74. The third kappa shape index (κ3) is 3.74. The number of hydrogen-bond donors (Lipinski definition) is 1. The predicted molar refractivity (Wildman–Crippen MR) is 81.0 cm³/mol. The highest BCUT2D eigenvalue weighted by Gasteiger charge is 2.36. The van der Waals surface area contributed by atoms with Gasteiger partial charge in [-0.15, -0.1) is 0 Å². The summed E-state index contributed by atoms with van der Waals surface area (Å²) in [6.45, 7) is 1.66. The standard InChI is InChI=1S/C15H14F3N3OS/c1-8(12(22)19-9-6-7-9)23-13-10-4-2-3-5-11(10)20-14(21-13)15(16,17)18/h2-5,8-9H,6-7H2,1H3,(H,19,22)/t8-/m0/s1. The zero-order valence-corrected chi connectivity index (χ0v) is 13.0. The molecule has 1 heterocycles. The molecule has 0 saturated heterocycles. The van der Waals surface area contributed by atoms with Crippen molar-refractivity contribution >= 4 is 28.6 Å². The molecular formula is C15H14F3N3OS. The normalized spacial score (nSPS) is 16.3. The number of nitrogens with zero attached hydrogens (tertiary/aromatic N) is 2. The van der Waals surface area contributed by atoms with Crippen LogP contribution in [0.3, 0.4) is 0 Å². The van der Waals surface area contributed by atoms with E-state index in [1.54, 1.807) is 25.1 Å². The largest absolute Gasteiger partial charge is 0.451 e. The predicted octanol–water partition coefficient (Wildman–Crippen LogP) is 3.41. The van der Waals surface area contributed by atoms with Crippen molar-refractivity contribution in [2.24, 2.45) is 0 Å². The van der Waals surface area contributed by atoms with Crippen LogP contribution in [0.15, 0.2) is 29.3 Å². The van der Waals surface area contributed by atoms with Crippen LogP contribution >= 0.6 is 11.8 Å². The fourth-order valence-electron chi connectivity index (χ4n) is 2.03. The van der Waals surface area contributed by atoms with Gasteiger partial charge in [-0.2, -0.15) is 13.2 Å². The Hall–Kier alpha value is -1.83. The van der Waals surface area contributed by atoms with E-state index in [1.807, 2.05) is 0 Å². The first-order valence-corrected chi connectivity index (χ1v) is 8.03. The molecule has 0 bridgehead atoms. The first-order chi connectivity index (χ1) is 10.8. The molecule has 23 heavy (non-hydrogen) atoms. The number of carbonyl (C=O) groups is 1. The van der Waals surface area contributed by atoms with Crippen LogP contribution in [0.2, 0.25) is 0 Å². The highest BCUT2D eigenvalue weighted by atomic mass is 32.2. The molecule has 1 atom stereocenters. The van der Waals surface area contributed by atoms with E-state index in [4.69, 9.17) is 0 Å². The number of carbonyl (C=O) groups excluding carboxylic acids is 1. The summed E-state index contributed by atoms with van der Waals surface area (Å²) in [6.07, 6.45) is -2.71. The van der Waals surface area contributed by atoms with Crippen molar-refractivity contribution in [3.05, 3.63) is 30.1 Å². The van der Waals surface area contributed by atoms with Gasteiger partial charge >= 0.3 is 6.18 Å². The Morgan fingerprint density at radius 1 is 1.30 bits per heavy atom. The van der Waals surface area contributed by atoms with Gasteiger partial charge < -0.3 is 5.32 Å². The van der Waals surface area contributed by atoms with Crippen LogP contribution in [0, 0.1) is 0 Å². The number of aromatic nitrogens is 2. The molecule has 3 rings (SSSR count). The van der Waals surface area contributed by atoms with E-state index in [0.29, 0.717) is 5.39 Å². The van der Waals surface area contributed by atoms with Crippen LogP contribution < -0.4 is 5.32 Å². The smallest absolute Gasteiger partial charge is 0.352 e. The Morgan fingerprint density at radius 2 is 2.00 bits per heavy atom. The summed E-state index contributed by atoms with van der Waals surface area (Å²) >= 11 is 1.02. The maximum atomic E-state index is 13.0.